The van der Waals surface area contributed by atoms with E-state index >= 15 is 0 Å². The molecule has 0 radical (unpaired) electrons. The molecule has 0 bridgehead atoms. The van der Waals surface area contributed by atoms with Gasteiger partial charge >= 0.3 is 5.97 Å². The molecule has 1 aromatic rings. The van der Waals surface area contributed by atoms with Crippen LogP contribution in [0.25, 0.3) is 0 Å². The second-order valence-corrected chi connectivity index (χ2v) is 3.72. The molecule has 0 spiro atoms. The molecule has 1 N–H and O–H groups in total. The lowest BCUT2D eigenvalue weighted by Gasteiger charge is -2.03. The van der Waals surface area contributed by atoms with Crippen LogP contribution in [0.4, 0.5) is 5.69 Å². The third kappa shape index (κ3) is 4.12. The minimum atomic E-state index is -0.551. The highest BCUT2D eigenvalue weighted by molar-refractivity contribution is 9.10. The number of benzene rings is 1. The van der Waals surface area contributed by atoms with Crippen LogP contribution in [-0.4, -0.2) is 19.0 Å². The van der Waals surface area contributed by atoms with E-state index in [0.717, 1.165) is 4.47 Å². The van der Waals surface area contributed by atoms with Crippen LogP contribution >= 0.6 is 15.9 Å². The standard InChI is InChI=1S/C10H10BrNO3/c1-15-10(14)6-9(13)12-8-4-2-7(11)3-5-8/h2-5H,6H2,1H3,(H,12,13). The van der Waals surface area contributed by atoms with E-state index in [1.165, 1.54) is 7.11 Å². The molecule has 1 aromatic carbocycles. The number of hydrogen-bond acceptors (Lipinski definition) is 3. The number of esters is 1. The Hall–Kier alpha value is -1.36. The molecule has 0 aliphatic rings. The molecule has 0 aromatic heterocycles. The van der Waals surface area contributed by atoms with Crippen LogP contribution in [0.15, 0.2) is 28.7 Å². The van der Waals surface area contributed by atoms with Crippen LogP contribution < -0.4 is 5.32 Å². The maximum absolute atomic E-state index is 11.2. The molecule has 0 aliphatic heterocycles. The highest BCUT2D eigenvalue weighted by Crippen LogP contribution is 2.14. The summed E-state index contributed by atoms with van der Waals surface area (Å²) in [5, 5.41) is 2.57. The first-order valence-electron chi connectivity index (χ1n) is 4.24. The summed E-state index contributed by atoms with van der Waals surface area (Å²) >= 11 is 3.28. The number of hydrogen-bond donors (Lipinski definition) is 1. The Bertz CT molecular complexity index is 361. The zero-order valence-electron chi connectivity index (χ0n) is 8.12. The van der Waals surface area contributed by atoms with E-state index in [2.05, 4.69) is 26.0 Å². The average Bonchev–Trinajstić information content (AvgIpc) is 2.21. The fourth-order valence-corrected chi connectivity index (χ4v) is 1.21. The average molecular weight is 272 g/mol. The molecule has 0 saturated heterocycles. The Kier molecular flexibility index (Phi) is 4.30. The number of carbonyl (C=O) groups is 2. The van der Waals surface area contributed by atoms with Crippen molar-refractivity contribution in [2.24, 2.45) is 0 Å². The summed E-state index contributed by atoms with van der Waals surface area (Å²) in [4.78, 5) is 22.0. The lowest BCUT2D eigenvalue weighted by Crippen LogP contribution is -2.17. The number of nitrogens with one attached hydrogen (secondary N) is 1. The summed E-state index contributed by atoms with van der Waals surface area (Å²) in [7, 11) is 1.25. The Morgan fingerprint density at radius 2 is 1.93 bits per heavy atom. The molecule has 0 aliphatic carbocycles. The minimum Gasteiger partial charge on any atom is -0.469 e. The van der Waals surface area contributed by atoms with Crippen molar-refractivity contribution in [3.8, 4) is 0 Å². The number of ether oxygens (including phenoxy) is 1. The number of methoxy groups -OCH3 is 1. The highest BCUT2D eigenvalue weighted by atomic mass is 79.9. The lowest BCUT2D eigenvalue weighted by molar-refractivity contribution is -0.142. The normalized spacial score (nSPS) is 9.47. The van der Waals surface area contributed by atoms with Gasteiger partial charge in [0.2, 0.25) is 5.91 Å². The molecule has 5 heteroatoms. The van der Waals surface area contributed by atoms with Crippen molar-refractivity contribution < 1.29 is 14.3 Å². The first-order valence-corrected chi connectivity index (χ1v) is 5.03. The monoisotopic (exact) mass is 271 g/mol. The van der Waals surface area contributed by atoms with E-state index in [1.807, 2.05) is 0 Å². The molecule has 80 valence electrons. The van der Waals surface area contributed by atoms with Gasteiger partial charge in [-0.05, 0) is 24.3 Å². The van der Waals surface area contributed by atoms with Gasteiger partial charge in [-0.1, -0.05) is 15.9 Å². The number of amides is 1. The summed E-state index contributed by atoms with van der Waals surface area (Å²) in [5.74, 6) is -0.936. The van der Waals surface area contributed by atoms with Crippen molar-refractivity contribution in [3.05, 3.63) is 28.7 Å². The van der Waals surface area contributed by atoms with E-state index in [1.54, 1.807) is 24.3 Å². The van der Waals surface area contributed by atoms with Gasteiger partial charge < -0.3 is 10.1 Å². The molecule has 0 heterocycles. The third-order valence-electron chi connectivity index (χ3n) is 1.66. The zero-order valence-corrected chi connectivity index (χ0v) is 9.71. The molecular formula is C10H10BrNO3. The third-order valence-corrected chi connectivity index (χ3v) is 2.19. The summed E-state index contributed by atoms with van der Waals surface area (Å²) in [6, 6.07) is 7.07. The first-order chi connectivity index (χ1) is 7.11. The van der Waals surface area contributed by atoms with Gasteiger partial charge in [0.15, 0.2) is 0 Å². The van der Waals surface area contributed by atoms with E-state index in [9.17, 15) is 9.59 Å². The summed E-state index contributed by atoms with van der Waals surface area (Å²) in [6.07, 6.45) is -0.271. The summed E-state index contributed by atoms with van der Waals surface area (Å²) in [6.45, 7) is 0. The van der Waals surface area contributed by atoms with Crippen molar-refractivity contribution in [1.82, 2.24) is 0 Å². The van der Waals surface area contributed by atoms with Crippen LogP contribution in [0.1, 0.15) is 6.42 Å². The zero-order chi connectivity index (χ0) is 11.3. The van der Waals surface area contributed by atoms with E-state index < -0.39 is 5.97 Å². The second-order valence-electron chi connectivity index (χ2n) is 2.81. The van der Waals surface area contributed by atoms with Gasteiger partial charge in [-0.2, -0.15) is 0 Å². The molecule has 4 nitrogen and oxygen atoms in total. The Morgan fingerprint density at radius 1 is 1.33 bits per heavy atom. The fraction of sp³-hybridized carbons (Fsp3) is 0.200. The number of halogens is 1. The predicted octanol–water partition coefficient (Wildman–Crippen LogP) is 1.95. The predicted molar refractivity (Wildman–Crippen MR) is 59.4 cm³/mol. The lowest BCUT2D eigenvalue weighted by atomic mass is 10.3. The van der Waals surface area contributed by atoms with Crippen LogP contribution in [0, 0.1) is 0 Å². The van der Waals surface area contributed by atoms with Gasteiger partial charge in [-0.25, -0.2) is 0 Å². The number of anilines is 1. The van der Waals surface area contributed by atoms with Crippen LogP contribution in [-0.2, 0) is 14.3 Å². The SMILES string of the molecule is COC(=O)CC(=O)Nc1ccc(Br)cc1. The van der Waals surface area contributed by atoms with Crippen molar-refractivity contribution >= 4 is 33.5 Å². The van der Waals surface area contributed by atoms with Gasteiger partial charge in [0.25, 0.3) is 0 Å². The van der Waals surface area contributed by atoms with E-state index in [-0.39, 0.29) is 12.3 Å². The molecule has 1 rings (SSSR count). The van der Waals surface area contributed by atoms with Gasteiger partial charge in [0.05, 0.1) is 7.11 Å². The fourth-order valence-electron chi connectivity index (χ4n) is 0.942. The summed E-state index contributed by atoms with van der Waals surface area (Å²) < 4.78 is 5.29. The molecule has 0 saturated carbocycles. The van der Waals surface area contributed by atoms with E-state index in [0.29, 0.717) is 5.69 Å². The van der Waals surface area contributed by atoms with Gasteiger partial charge in [-0.15, -0.1) is 0 Å². The van der Waals surface area contributed by atoms with Crippen molar-refractivity contribution in [3.63, 3.8) is 0 Å². The second kappa shape index (κ2) is 5.50. The van der Waals surface area contributed by atoms with Crippen molar-refractivity contribution in [2.45, 2.75) is 6.42 Å². The molecular weight excluding hydrogens is 262 g/mol. The Morgan fingerprint density at radius 3 is 2.47 bits per heavy atom. The maximum Gasteiger partial charge on any atom is 0.315 e. The number of carbonyl (C=O) groups excluding carboxylic acids is 2. The Balaban J connectivity index is 2.51. The van der Waals surface area contributed by atoms with Crippen molar-refractivity contribution in [2.75, 3.05) is 12.4 Å². The summed E-state index contributed by atoms with van der Waals surface area (Å²) in [5.41, 5.74) is 0.645. The molecule has 1 amide bonds. The molecule has 0 atom stereocenters. The smallest absolute Gasteiger partial charge is 0.315 e. The number of rotatable bonds is 3. The quantitative estimate of drug-likeness (QED) is 0.676. The van der Waals surface area contributed by atoms with Gasteiger partial charge in [-0.3, -0.25) is 9.59 Å². The Labute approximate surface area is 95.7 Å². The molecule has 15 heavy (non-hydrogen) atoms. The van der Waals surface area contributed by atoms with Crippen molar-refractivity contribution in [1.29, 1.82) is 0 Å². The first kappa shape index (κ1) is 11.7. The maximum atomic E-state index is 11.2. The molecule has 0 fully saturated rings. The topological polar surface area (TPSA) is 55.4 Å². The minimum absolute atomic E-state index is 0.271. The highest BCUT2D eigenvalue weighted by Gasteiger charge is 2.08. The largest absolute Gasteiger partial charge is 0.469 e. The van der Waals surface area contributed by atoms with Crippen LogP contribution in [0.5, 0.6) is 0 Å². The van der Waals surface area contributed by atoms with Crippen LogP contribution in [0.2, 0.25) is 0 Å². The molecule has 0 unspecified atom stereocenters. The van der Waals surface area contributed by atoms with Gasteiger partial charge in [0.1, 0.15) is 6.42 Å². The van der Waals surface area contributed by atoms with Crippen LogP contribution in [0.3, 0.4) is 0 Å². The van der Waals surface area contributed by atoms with E-state index in [4.69, 9.17) is 0 Å². The van der Waals surface area contributed by atoms with Gasteiger partial charge in [0, 0.05) is 10.2 Å².